The lowest BCUT2D eigenvalue weighted by Gasteiger charge is -2.43. The zero-order valence-corrected chi connectivity index (χ0v) is 12.5. The van der Waals surface area contributed by atoms with Crippen molar-refractivity contribution in [1.29, 1.82) is 0 Å². The van der Waals surface area contributed by atoms with Crippen LogP contribution in [0.4, 0.5) is 0 Å². The molecule has 0 bridgehead atoms. The number of hydrogen-bond donors (Lipinski definition) is 1. The summed E-state index contributed by atoms with van der Waals surface area (Å²) in [5.41, 5.74) is 6.56. The summed E-state index contributed by atoms with van der Waals surface area (Å²) in [6.07, 6.45) is 11.1. The molecule has 0 amide bonds. The van der Waals surface area contributed by atoms with E-state index in [2.05, 4.69) is 18.7 Å². The molecular weight excluding hydrogens is 220 g/mol. The molecule has 2 aliphatic rings. The average molecular weight is 252 g/mol. The number of likely N-dealkylation sites (N-methyl/N-ethyl adjacent to an activating group) is 1. The lowest BCUT2D eigenvalue weighted by atomic mass is 9.87. The third kappa shape index (κ3) is 3.27. The Morgan fingerprint density at radius 2 is 1.83 bits per heavy atom. The Kier molecular flexibility index (Phi) is 5.08. The molecule has 2 N–H and O–H groups in total. The van der Waals surface area contributed by atoms with Crippen LogP contribution in [0.3, 0.4) is 0 Å². The minimum Gasteiger partial charge on any atom is -0.329 e. The second kappa shape index (κ2) is 6.38. The molecule has 0 radical (unpaired) electrons. The smallest absolute Gasteiger partial charge is 0.0331 e. The first-order valence-corrected chi connectivity index (χ1v) is 8.19. The normalized spacial score (nSPS) is 33.7. The molecule has 2 rings (SSSR count). The summed E-state index contributed by atoms with van der Waals surface area (Å²) < 4.78 is 0. The minimum absolute atomic E-state index is 0.335. The predicted molar refractivity (Wildman–Crippen MR) is 78.6 cm³/mol. The fraction of sp³-hybridized carbons (Fsp3) is 1.00. The van der Waals surface area contributed by atoms with Crippen molar-refractivity contribution in [1.82, 2.24) is 4.90 Å². The van der Waals surface area contributed by atoms with Gasteiger partial charge >= 0.3 is 0 Å². The van der Waals surface area contributed by atoms with Crippen molar-refractivity contribution in [2.45, 2.75) is 70.8 Å². The highest BCUT2D eigenvalue weighted by atomic mass is 15.2. The summed E-state index contributed by atoms with van der Waals surface area (Å²) in [6, 6.07) is 0. The molecule has 0 saturated heterocycles. The lowest BCUT2D eigenvalue weighted by molar-refractivity contribution is 0.0773. The van der Waals surface area contributed by atoms with Crippen molar-refractivity contribution in [3.8, 4) is 0 Å². The fourth-order valence-corrected chi connectivity index (χ4v) is 3.79. The van der Waals surface area contributed by atoms with E-state index in [1.54, 1.807) is 0 Å². The Morgan fingerprint density at radius 3 is 2.39 bits per heavy atom. The molecule has 2 unspecified atom stereocenters. The Morgan fingerprint density at radius 1 is 1.06 bits per heavy atom. The van der Waals surface area contributed by atoms with Crippen LogP contribution in [0, 0.1) is 11.8 Å². The van der Waals surface area contributed by atoms with Crippen LogP contribution >= 0.6 is 0 Å². The second-order valence-corrected chi connectivity index (χ2v) is 6.62. The molecule has 0 aliphatic heterocycles. The van der Waals surface area contributed by atoms with Gasteiger partial charge < -0.3 is 5.73 Å². The summed E-state index contributed by atoms with van der Waals surface area (Å²) in [4.78, 5) is 2.74. The molecule has 2 nitrogen and oxygen atoms in total. The van der Waals surface area contributed by atoms with E-state index in [0.29, 0.717) is 5.54 Å². The number of nitrogens with zero attached hydrogens (tertiary/aromatic N) is 1. The molecule has 0 spiro atoms. The third-order valence-electron chi connectivity index (χ3n) is 5.46. The van der Waals surface area contributed by atoms with E-state index < -0.39 is 0 Å². The first-order valence-electron chi connectivity index (χ1n) is 8.19. The Bertz CT molecular complexity index is 249. The van der Waals surface area contributed by atoms with E-state index in [1.165, 1.54) is 64.5 Å². The summed E-state index contributed by atoms with van der Waals surface area (Å²) >= 11 is 0. The summed E-state index contributed by atoms with van der Waals surface area (Å²) in [5, 5.41) is 0. The second-order valence-electron chi connectivity index (χ2n) is 6.62. The molecule has 0 aromatic carbocycles. The highest BCUT2D eigenvalue weighted by Gasteiger charge is 2.38. The largest absolute Gasteiger partial charge is 0.329 e. The van der Waals surface area contributed by atoms with Crippen molar-refractivity contribution in [3.05, 3.63) is 0 Å². The van der Waals surface area contributed by atoms with Gasteiger partial charge in [0.1, 0.15) is 0 Å². The Labute approximate surface area is 113 Å². The first-order chi connectivity index (χ1) is 8.74. The van der Waals surface area contributed by atoms with Crippen molar-refractivity contribution in [2.75, 3.05) is 19.6 Å². The summed E-state index contributed by atoms with van der Waals surface area (Å²) in [5.74, 6) is 1.94. The fourth-order valence-electron chi connectivity index (χ4n) is 3.79. The number of rotatable bonds is 6. The maximum Gasteiger partial charge on any atom is 0.0331 e. The van der Waals surface area contributed by atoms with Gasteiger partial charge in [0.2, 0.25) is 0 Å². The molecule has 0 aromatic heterocycles. The van der Waals surface area contributed by atoms with E-state index in [0.717, 1.165) is 18.4 Å². The minimum atomic E-state index is 0.335. The van der Waals surface area contributed by atoms with Crippen LogP contribution in [0.1, 0.15) is 65.2 Å². The van der Waals surface area contributed by atoms with E-state index in [-0.39, 0.29) is 0 Å². The molecule has 2 fully saturated rings. The van der Waals surface area contributed by atoms with Gasteiger partial charge in [-0.2, -0.15) is 0 Å². The summed E-state index contributed by atoms with van der Waals surface area (Å²) in [6.45, 7) is 8.03. The average Bonchev–Trinajstić information content (AvgIpc) is 3.22. The van der Waals surface area contributed by atoms with Gasteiger partial charge in [-0.1, -0.05) is 33.1 Å². The van der Waals surface area contributed by atoms with Gasteiger partial charge in [0.25, 0.3) is 0 Å². The van der Waals surface area contributed by atoms with Gasteiger partial charge in [-0.3, -0.25) is 4.90 Å². The van der Waals surface area contributed by atoms with Crippen LogP contribution in [0.15, 0.2) is 0 Å². The third-order valence-corrected chi connectivity index (χ3v) is 5.46. The van der Waals surface area contributed by atoms with E-state index in [4.69, 9.17) is 5.73 Å². The van der Waals surface area contributed by atoms with E-state index >= 15 is 0 Å². The number of nitrogens with two attached hydrogens (primary N) is 1. The molecule has 2 saturated carbocycles. The van der Waals surface area contributed by atoms with Crippen molar-refractivity contribution in [3.63, 3.8) is 0 Å². The quantitative estimate of drug-likeness (QED) is 0.734. The van der Waals surface area contributed by atoms with Gasteiger partial charge in [-0.15, -0.1) is 0 Å². The lowest BCUT2D eigenvalue weighted by Crippen LogP contribution is -2.54. The monoisotopic (exact) mass is 252 g/mol. The molecule has 2 atom stereocenters. The molecule has 0 aromatic rings. The highest BCUT2D eigenvalue weighted by molar-refractivity contribution is 4.95. The van der Waals surface area contributed by atoms with Gasteiger partial charge in [0.05, 0.1) is 0 Å². The molecular formula is C16H32N2. The van der Waals surface area contributed by atoms with Gasteiger partial charge in [0.15, 0.2) is 0 Å². The van der Waals surface area contributed by atoms with Crippen LogP contribution in [0.25, 0.3) is 0 Å². The maximum absolute atomic E-state index is 6.23. The molecule has 2 aliphatic carbocycles. The summed E-state index contributed by atoms with van der Waals surface area (Å²) in [7, 11) is 0. The van der Waals surface area contributed by atoms with E-state index in [1.807, 2.05) is 0 Å². The van der Waals surface area contributed by atoms with Crippen LogP contribution in [-0.2, 0) is 0 Å². The standard InChI is InChI=1S/C16H32N2/c1-3-14-6-5-10-16(13-17,11-9-14)18(4-2)12-15-7-8-15/h14-15H,3-13,17H2,1-2H3. The zero-order chi connectivity index (χ0) is 13.0. The van der Waals surface area contributed by atoms with Gasteiger partial charge in [0, 0.05) is 18.6 Å². The molecule has 106 valence electrons. The van der Waals surface area contributed by atoms with Crippen molar-refractivity contribution < 1.29 is 0 Å². The SMILES string of the molecule is CCC1CCCC(CN)(N(CC)CC2CC2)CC1. The number of hydrogen-bond acceptors (Lipinski definition) is 2. The molecule has 2 heteroatoms. The Hall–Kier alpha value is -0.0800. The topological polar surface area (TPSA) is 29.3 Å². The van der Waals surface area contributed by atoms with Crippen molar-refractivity contribution >= 4 is 0 Å². The maximum atomic E-state index is 6.23. The predicted octanol–water partition coefficient (Wildman–Crippen LogP) is 3.41. The van der Waals surface area contributed by atoms with Gasteiger partial charge in [-0.25, -0.2) is 0 Å². The molecule has 0 heterocycles. The highest BCUT2D eigenvalue weighted by Crippen LogP contribution is 2.38. The molecule has 18 heavy (non-hydrogen) atoms. The van der Waals surface area contributed by atoms with Crippen LogP contribution in [0.5, 0.6) is 0 Å². The first kappa shape index (κ1) is 14.3. The van der Waals surface area contributed by atoms with Crippen LogP contribution < -0.4 is 5.73 Å². The van der Waals surface area contributed by atoms with Crippen LogP contribution in [0.2, 0.25) is 0 Å². The van der Waals surface area contributed by atoms with Crippen molar-refractivity contribution in [2.24, 2.45) is 17.6 Å². The van der Waals surface area contributed by atoms with Crippen LogP contribution in [-0.4, -0.2) is 30.1 Å². The van der Waals surface area contributed by atoms with E-state index in [9.17, 15) is 0 Å². The zero-order valence-electron chi connectivity index (χ0n) is 12.5. The van der Waals surface area contributed by atoms with Gasteiger partial charge in [-0.05, 0) is 50.5 Å². The Balaban J connectivity index is 2.01.